The van der Waals surface area contributed by atoms with Gasteiger partial charge in [-0.1, -0.05) is 6.92 Å². The van der Waals surface area contributed by atoms with Crippen molar-refractivity contribution < 1.29 is 0 Å². The van der Waals surface area contributed by atoms with Crippen LogP contribution in [0.5, 0.6) is 0 Å². The van der Waals surface area contributed by atoms with Crippen molar-refractivity contribution in [1.82, 2.24) is 4.98 Å². The van der Waals surface area contributed by atoms with Crippen LogP contribution < -0.4 is 5.32 Å². The molecule has 12 heavy (non-hydrogen) atoms. The van der Waals surface area contributed by atoms with Crippen LogP contribution >= 0.6 is 15.9 Å². The summed E-state index contributed by atoms with van der Waals surface area (Å²) in [6, 6.07) is 4.65. The first-order valence-electron chi connectivity index (χ1n) is 4.14. The quantitative estimate of drug-likeness (QED) is 0.840. The predicted molar refractivity (Wildman–Crippen MR) is 53.1 cm³/mol. The highest BCUT2D eigenvalue weighted by molar-refractivity contribution is 9.10. The Hall–Kier alpha value is -0.570. The third-order valence-electron chi connectivity index (χ3n) is 2.17. The number of anilines is 1. The van der Waals surface area contributed by atoms with E-state index in [0.29, 0.717) is 6.04 Å². The molecule has 64 valence electrons. The average Bonchev–Trinajstić information content (AvgIpc) is 2.72. The van der Waals surface area contributed by atoms with E-state index in [0.717, 1.165) is 16.2 Å². The number of aromatic nitrogens is 1. The molecule has 1 aliphatic carbocycles. The molecule has 1 aromatic rings. The minimum atomic E-state index is 0.652. The molecule has 0 aromatic carbocycles. The molecule has 1 heterocycles. The first-order chi connectivity index (χ1) is 5.75. The van der Waals surface area contributed by atoms with Crippen LogP contribution in [0.3, 0.4) is 0 Å². The highest BCUT2D eigenvalue weighted by atomic mass is 79.9. The third-order valence-corrected chi connectivity index (χ3v) is 2.64. The lowest BCUT2D eigenvalue weighted by molar-refractivity contribution is 0.923. The predicted octanol–water partition coefficient (Wildman–Crippen LogP) is 2.66. The molecule has 1 N–H and O–H groups in total. The second-order valence-corrected chi connectivity index (χ2v) is 4.24. The normalized spacial score (nSPS) is 26.8. The van der Waals surface area contributed by atoms with Gasteiger partial charge in [-0.25, -0.2) is 4.98 Å². The number of rotatable bonds is 2. The molecule has 0 unspecified atom stereocenters. The summed E-state index contributed by atoms with van der Waals surface area (Å²) in [5, 5.41) is 3.36. The smallest absolute Gasteiger partial charge is 0.126 e. The average molecular weight is 227 g/mol. The molecule has 1 aromatic heterocycles. The van der Waals surface area contributed by atoms with Crippen molar-refractivity contribution in [3.05, 3.63) is 22.8 Å². The summed E-state index contributed by atoms with van der Waals surface area (Å²) < 4.78 is 1.02. The number of nitrogens with one attached hydrogen (secondary N) is 1. The second-order valence-electron chi connectivity index (χ2n) is 3.33. The van der Waals surface area contributed by atoms with Crippen LogP contribution in [0.4, 0.5) is 5.82 Å². The molecule has 1 fully saturated rings. The largest absolute Gasteiger partial charge is 0.367 e. The van der Waals surface area contributed by atoms with E-state index < -0.39 is 0 Å². The zero-order valence-electron chi connectivity index (χ0n) is 6.92. The number of halogens is 1. The van der Waals surface area contributed by atoms with E-state index in [9.17, 15) is 0 Å². The van der Waals surface area contributed by atoms with E-state index in [2.05, 4.69) is 33.2 Å². The molecule has 0 bridgehead atoms. The van der Waals surface area contributed by atoms with Crippen molar-refractivity contribution in [3.8, 4) is 0 Å². The zero-order chi connectivity index (χ0) is 8.55. The molecule has 1 saturated carbocycles. The van der Waals surface area contributed by atoms with Gasteiger partial charge in [-0.3, -0.25) is 0 Å². The van der Waals surface area contributed by atoms with E-state index in [1.54, 1.807) is 0 Å². The number of hydrogen-bond donors (Lipinski definition) is 1. The molecule has 2 rings (SSSR count). The third kappa shape index (κ3) is 1.78. The van der Waals surface area contributed by atoms with Crippen molar-refractivity contribution in [3.63, 3.8) is 0 Å². The first kappa shape index (κ1) is 8.05. The fraction of sp³-hybridized carbons (Fsp3) is 0.444. The van der Waals surface area contributed by atoms with Gasteiger partial charge in [0.15, 0.2) is 0 Å². The molecular weight excluding hydrogens is 216 g/mol. The van der Waals surface area contributed by atoms with Crippen molar-refractivity contribution in [2.45, 2.75) is 19.4 Å². The van der Waals surface area contributed by atoms with Gasteiger partial charge in [0.25, 0.3) is 0 Å². The number of pyridine rings is 1. The monoisotopic (exact) mass is 226 g/mol. The summed E-state index contributed by atoms with van der Waals surface area (Å²) in [4.78, 5) is 4.23. The van der Waals surface area contributed by atoms with Crippen molar-refractivity contribution in [2.24, 2.45) is 5.92 Å². The SMILES string of the molecule is C[C@@H]1C[C@H]1Nc1ccc(Br)cn1. The van der Waals surface area contributed by atoms with Crippen LogP contribution in [0.15, 0.2) is 22.8 Å². The first-order valence-corrected chi connectivity index (χ1v) is 4.93. The van der Waals surface area contributed by atoms with Gasteiger partial charge in [-0.15, -0.1) is 0 Å². The van der Waals surface area contributed by atoms with Crippen LogP contribution in [0.1, 0.15) is 13.3 Å². The maximum Gasteiger partial charge on any atom is 0.126 e. The number of hydrogen-bond acceptors (Lipinski definition) is 2. The summed E-state index contributed by atoms with van der Waals surface area (Å²) in [5.41, 5.74) is 0. The van der Waals surface area contributed by atoms with Gasteiger partial charge >= 0.3 is 0 Å². The molecule has 1 aliphatic rings. The Labute approximate surface area is 80.5 Å². The molecule has 2 atom stereocenters. The van der Waals surface area contributed by atoms with Crippen molar-refractivity contribution in [2.75, 3.05) is 5.32 Å². The summed E-state index contributed by atoms with van der Waals surface area (Å²) >= 11 is 3.35. The Morgan fingerprint density at radius 1 is 1.58 bits per heavy atom. The van der Waals surface area contributed by atoms with Crippen LogP contribution in [0.2, 0.25) is 0 Å². The highest BCUT2D eigenvalue weighted by Gasteiger charge is 2.32. The van der Waals surface area contributed by atoms with Gasteiger partial charge in [0, 0.05) is 16.7 Å². The van der Waals surface area contributed by atoms with Crippen LogP contribution in [0.25, 0.3) is 0 Å². The Morgan fingerprint density at radius 3 is 2.83 bits per heavy atom. The van der Waals surface area contributed by atoms with E-state index in [1.807, 2.05) is 18.3 Å². The van der Waals surface area contributed by atoms with Gasteiger partial charge in [0.2, 0.25) is 0 Å². The van der Waals surface area contributed by atoms with E-state index in [1.165, 1.54) is 6.42 Å². The Morgan fingerprint density at radius 2 is 2.33 bits per heavy atom. The summed E-state index contributed by atoms with van der Waals surface area (Å²) in [6.45, 7) is 2.25. The van der Waals surface area contributed by atoms with Crippen molar-refractivity contribution in [1.29, 1.82) is 0 Å². The lowest BCUT2D eigenvalue weighted by Crippen LogP contribution is -2.04. The fourth-order valence-corrected chi connectivity index (χ4v) is 1.41. The van der Waals surface area contributed by atoms with Gasteiger partial charge in [0.1, 0.15) is 5.82 Å². The lowest BCUT2D eigenvalue weighted by Gasteiger charge is -2.02. The summed E-state index contributed by atoms with van der Waals surface area (Å²) in [5.74, 6) is 1.79. The van der Waals surface area contributed by atoms with E-state index in [-0.39, 0.29) is 0 Å². The van der Waals surface area contributed by atoms with Crippen LogP contribution in [0, 0.1) is 5.92 Å². The molecule has 2 nitrogen and oxygen atoms in total. The zero-order valence-corrected chi connectivity index (χ0v) is 8.51. The standard InChI is InChI=1S/C9H11BrN2/c1-6-4-8(6)12-9-3-2-7(10)5-11-9/h2-3,5-6,8H,4H2,1H3,(H,11,12)/t6-,8-/m1/s1. The molecule has 0 saturated heterocycles. The van der Waals surface area contributed by atoms with Gasteiger partial charge in [0.05, 0.1) is 0 Å². The lowest BCUT2D eigenvalue weighted by atomic mass is 10.4. The maximum atomic E-state index is 4.23. The van der Waals surface area contributed by atoms with Crippen LogP contribution in [-0.4, -0.2) is 11.0 Å². The molecule has 0 aliphatic heterocycles. The second kappa shape index (κ2) is 3.05. The minimum Gasteiger partial charge on any atom is -0.367 e. The summed E-state index contributed by atoms with van der Waals surface area (Å²) in [6.07, 6.45) is 3.09. The topological polar surface area (TPSA) is 24.9 Å². The molecule has 3 heteroatoms. The minimum absolute atomic E-state index is 0.652. The van der Waals surface area contributed by atoms with E-state index in [4.69, 9.17) is 0 Å². The van der Waals surface area contributed by atoms with Gasteiger partial charge in [-0.05, 0) is 40.4 Å². The van der Waals surface area contributed by atoms with Crippen LogP contribution in [-0.2, 0) is 0 Å². The number of nitrogens with zero attached hydrogens (tertiary/aromatic N) is 1. The maximum absolute atomic E-state index is 4.23. The summed E-state index contributed by atoms with van der Waals surface area (Å²) in [7, 11) is 0. The molecule has 0 radical (unpaired) electrons. The highest BCUT2D eigenvalue weighted by Crippen LogP contribution is 2.32. The van der Waals surface area contributed by atoms with E-state index >= 15 is 0 Å². The molecule has 0 spiro atoms. The van der Waals surface area contributed by atoms with Gasteiger partial charge < -0.3 is 5.32 Å². The van der Waals surface area contributed by atoms with Gasteiger partial charge in [-0.2, -0.15) is 0 Å². The Bertz CT molecular complexity index is 270. The Balaban J connectivity index is 2.00. The van der Waals surface area contributed by atoms with Crippen molar-refractivity contribution >= 4 is 21.7 Å². The molecular formula is C9H11BrN2. The molecule has 0 amide bonds. The Kier molecular flexibility index (Phi) is 2.05. The fourth-order valence-electron chi connectivity index (χ4n) is 1.17.